The Morgan fingerprint density at radius 1 is 0.952 bits per heavy atom. The summed E-state index contributed by atoms with van der Waals surface area (Å²) in [4.78, 5) is 12.0. The molecule has 0 aliphatic rings. The number of para-hydroxylation sites is 1. The number of hydrogen-bond donors (Lipinski definition) is 2. The molecular formula is C14H10Br4N2O. The van der Waals surface area contributed by atoms with E-state index in [-0.39, 0.29) is 12.5 Å². The summed E-state index contributed by atoms with van der Waals surface area (Å²) in [5.74, 6) is -0.122. The van der Waals surface area contributed by atoms with E-state index in [1.807, 2.05) is 36.4 Å². The molecule has 0 saturated carbocycles. The smallest absolute Gasteiger partial charge is 0.243 e. The normalized spacial score (nSPS) is 10.3. The van der Waals surface area contributed by atoms with Crippen molar-refractivity contribution < 1.29 is 4.79 Å². The highest BCUT2D eigenvalue weighted by Gasteiger charge is 2.09. The molecule has 0 bridgehead atoms. The maximum atomic E-state index is 12.0. The number of carbonyl (C=O) groups excluding carboxylic acids is 1. The molecule has 7 heteroatoms. The number of nitrogens with one attached hydrogen (secondary N) is 2. The molecule has 0 heterocycles. The third kappa shape index (κ3) is 4.81. The molecule has 0 atom stereocenters. The van der Waals surface area contributed by atoms with Crippen LogP contribution in [0.3, 0.4) is 0 Å². The maximum Gasteiger partial charge on any atom is 0.243 e. The lowest BCUT2D eigenvalue weighted by molar-refractivity contribution is -0.114. The van der Waals surface area contributed by atoms with Crippen LogP contribution < -0.4 is 10.6 Å². The van der Waals surface area contributed by atoms with Gasteiger partial charge in [0, 0.05) is 17.9 Å². The maximum absolute atomic E-state index is 12.0. The summed E-state index contributed by atoms with van der Waals surface area (Å²) in [6, 6.07) is 11.3. The van der Waals surface area contributed by atoms with E-state index in [2.05, 4.69) is 74.4 Å². The summed E-state index contributed by atoms with van der Waals surface area (Å²) in [5, 5.41) is 5.95. The van der Waals surface area contributed by atoms with Crippen molar-refractivity contribution in [3.8, 4) is 0 Å². The molecule has 2 N–H and O–H groups in total. The van der Waals surface area contributed by atoms with Crippen molar-refractivity contribution in [3.63, 3.8) is 0 Å². The van der Waals surface area contributed by atoms with Crippen LogP contribution in [0.25, 0.3) is 0 Å². The Morgan fingerprint density at radius 2 is 1.57 bits per heavy atom. The van der Waals surface area contributed by atoms with Crippen LogP contribution in [0.2, 0.25) is 0 Å². The van der Waals surface area contributed by atoms with Gasteiger partial charge >= 0.3 is 0 Å². The van der Waals surface area contributed by atoms with E-state index in [1.165, 1.54) is 0 Å². The molecule has 0 aliphatic heterocycles. The SMILES string of the molecule is O=C(CNc1c(Br)cc(Br)cc1Br)Nc1ccccc1Br. The van der Waals surface area contributed by atoms with Crippen LogP contribution in [0.15, 0.2) is 54.3 Å². The largest absolute Gasteiger partial charge is 0.374 e. The highest BCUT2D eigenvalue weighted by Crippen LogP contribution is 2.34. The number of benzene rings is 2. The highest BCUT2D eigenvalue weighted by atomic mass is 79.9. The molecule has 110 valence electrons. The van der Waals surface area contributed by atoms with E-state index in [9.17, 15) is 4.79 Å². The Labute approximate surface area is 156 Å². The second kappa shape index (κ2) is 7.76. The molecular weight excluding hydrogens is 532 g/mol. The molecule has 2 rings (SSSR count). The van der Waals surface area contributed by atoms with E-state index in [1.54, 1.807) is 0 Å². The Balaban J connectivity index is 2.01. The lowest BCUT2D eigenvalue weighted by Crippen LogP contribution is -2.22. The molecule has 0 aromatic heterocycles. The average molecular weight is 542 g/mol. The summed E-state index contributed by atoms with van der Waals surface area (Å²) in [7, 11) is 0. The third-order valence-electron chi connectivity index (χ3n) is 2.58. The Morgan fingerprint density at radius 3 is 2.19 bits per heavy atom. The summed E-state index contributed by atoms with van der Waals surface area (Å²) in [6.45, 7) is 0.167. The zero-order valence-corrected chi connectivity index (χ0v) is 16.9. The second-order valence-electron chi connectivity index (χ2n) is 4.13. The molecule has 3 nitrogen and oxygen atoms in total. The van der Waals surface area contributed by atoms with Crippen molar-refractivity contribution in [2.24, 2.45) is 0 Å². The van der Waals surface area contributed by atoms with Crippen molar-refractivity contribution in [2.75, 3.05) is 17.2 Å². The van der Waals surface area contributed by atoms with Gasteiger partial charge in [0.25, 0.3) is 0 Å². The predicted molar refractivity (Wildman–Crippen MR) is 101 cm³/mol. The highest BCUT2D eigenvalue weighted by molar-refractivity contribution is 9.11. The van der Waals surface area contributed by atoms with Crippen LogP contribution >= 0.6 is 63.7 Å². The summed E-state index contributed by atoms with van der Waals surface area (Å²) < 4.78 is 3.55. The van der Waals surface area contributed by atoms with Crippen LogP contribution in [0.4, 0.5) is 11.4 Å². The molecule has 0 spiro atoms. The zero-order chi connectivity index (χ0) is 15.4. The summed E-state index contributed by atoms with van der Waals surface area (Å²) in [6.07, 6.45) is 0. The van der Waals surface area contributed by atoms with E-state index in [4.69, 9.17) is 0 Å². The van der Waals surface area contributed by atoms with Gasteiger partial charge in [-0.1, -0.05) is 28.1 Å². The van der Waals surface area contributed by atoms with Gasteiger partial charge in [-0.2, -0.15) is 0 Å². The number of halogens is 4. The topological polar surface area (TPSA) is 41.1 Å². The first-order valence-corrected chi connectivity index (χ1v) is 9.07. The predicted octanol–water partition coefficient (Wildman–Crippen LogP) is 5.79. The fourth-order valence-electron chi connectivity index (χ4n) is 1.64. The number of rotatable bonds is 4. The first-order valence-electron chi connectivity index (χ1n) is 5.90. The van der Waals surface area contributed by atoms with Crippen molar-refractivity contribution in [2.45, 2.75) is 0 Å². The molecule has 0 fully saturated rings. The van der Waals surface area contributed by atoms with Crippen molar-refractivity contribution in [3.05, 3.63) is 54.3 Å². The minimum atomic E-state index is -0.122. The molecule has 0 unspecified atom stereocenters. The molecule has 0 saturated heterocycles. The van der Waals surface area contributed by atoms with Gasteiger partial charge in [0.1, 0.15) is 0 Å². The van der Waals surface area contributed by atoms with Gasteiger partial charge in [-0.05, 0) is 72.1 Å². The molecule has 21 heavy (non-hydrogen) atoms. The van der Waals surface area contributed by atoms with E-state index < -0.39 is 0 Å². The monoisotopic (exact) mass is 538 g/mol. The summed E-state index contributed by atoms with van der Waals surface area (Å²) in [5.41, 5.74) is 1.58. The van der Waals surface area contributed by atoms with Gasteiger partial charge in [0.15, 0.2) is 0 Å². The third-order valence-corrected chi connectivity index (χ3v) is 4.98. The van der Waals surface area contributed by atoms with Crippen LogP contribution in [-0.4, -0.2) is 12.5 Å². The van der Waals surface area contributed by atoms with Crippen molar-refractivity contribution in [1.82, 2.24) is 0 Å². The second-order valence-corrected chi connectivity index (χ2v) is 7.60. The number of amides is 1. The van der Waals surface area contributed by atoms with Gasteiger partial charge in [-0.25, -0.2) is 0 Å². The number of hydrogen-bond acceptors (Lipinski definition) is 2. The lowest BCUT2D eigenvalue weighted by atomic mass is 10.3. The number of anilines is 2. The molecule has 2 aromatic carbocycles. The Bertz CT molecular complexity index is 653. The van der Waals surface area contributed by atoms with E-state index in [0.717, 1.165) is 29.3 Å². The van der Waals surface area contributed by atoms with Gasteiger partial charge in [-0.15, -0.1) is 0 Å². The Kier molecular flexibility index (Phi) is 6.28. The van der Waals surface area contributed by atoms with Crippen molar-refractivity contribution >= 4 is 81.0 Å². The van der Waals surface area contributed by atoms with E-state index >= 15 is 0 Å². The molecule has 0 aliphatic carbocycles. The first kappa shape index (κ1) is 17.0. The molecule has 0 radical (unpaired) electrons. The Hall–Kier alpha value is -0.370. The molecule has 1 amide bonds. The summed E-state index contributed by atoms with van der Waals surface area (Å²) >= 11 is 13.7. The van der Waals surface area contributed by atoms with Crippen LogP contribution in [0.5, 0.6) is 0 Å². The van der Waals surface area contributed by atoms with Gasteiger partial charge < -0.3 is 10.6 Å². The minimum Gasteiger partial charge on any atom is -0.374 e. The van der Waals surface area contributed by atoms with Gasteiger partial charge in [-0.3, -0.25) is 4.79 Å². The van der Waals surface area contributed by atoms with Gasteiger partial charge in [0.2, 0.25) is 5.91 Å². The number of carbonyl (C=O) groups is 1. The van der Waals surface area contributed by atoms with Crippen molar-refractivity contribution in [1.29, 1.82) is 0 Å². The van der Waals surface area contributed by atoms with Crippen LogP contribution in [0.1, 0.15) is 0 Å². The van der Waals surface area contributed by atoms with Gasteiger partial charge in [0.05, 0.1) is 17.9 Å². The average Bonchev–Trinajstić information content (AvgIpc) is 2.40. The first-order chi connectivity index (χ1) is 9.97. The quantitative estimate of drug-likeness (QED) is 0.515. The standard InChI is InChI=1S/C14H10Br4N2O/c15-8-5-10(17)14(11(18)6-8)19-7-13(21)20-12-4-2-1-3-9(12)16/h1-6,19H,7H2,(H,20,21). The fourth-order valence-corrected chi connectivity index (χ4v) is 4.56. The minimum absolute atomic E-state index is 0.122. The van der Waals surface area contributed by atoms with Crippen LogP contribution in [0, 0.1) is 0 Å². The molecule has 2 aromatic rings. The fraction of sp³-hybridized carbons (Fsp3) is 0.0714. The zero-order valence-electron chi connectivity index (χ0n) is 10.6. The van der Waals surface area contributed by atoms with E-state index in [0.29, 0.717) is 0 Å². The lowest BCUT2D eigenvalue weighted by Gasteiger charge is -2.12. The van der Waals surface area contributed by atoms with Crippen LogP contribution in [-0.2, 0) is 4.79 Å².